The second kappa shape index (κ2) is 1.81. The van der Waals surface area contributed by atoms with Gasteiger partial charge in [0.15, 0.2) is 0 Å². The predicted octanol–water partition coefficient (Wildman–Crippen LogP) is 1.58. The number of hydrogen-bond acceptors (Lipinski definition) is 2. The van der Waals surface area contributed by atoms with Crippen molar-refractivity contribution in [2.75, 3.05) is 0 Å². The standard InChI is InChI=1S/C10H14O2/c1-9(2)5-10(3)4-6(9)7(11)8(10)12/h6H,4-5H2,1-3H3/t6-,10-/m1/s1. The summed E-state index contributed by atoms with van der Waals surface area (Å²) in [5, 5.41) is 0. The summed E-state index contributed by atoms with van der Waals surface area (Å²) in [7, 11) is 0. The molecule has 0 saturated heterocycles. The Labute approximate surface area is 72.3 Å². The van der Waals surface area contributed by atoms with Crippen molar-refractivity contribution < 1.29 is 9.59 Å². The van der Waals surface area contributed by atoms with Crippen molar-refractivity contribution in [3.8, 4) is 0 Å². The minimum Gasteiger partial charge on any atom is -0.291 e. The minimum atomic E-state index is -0.314. The average molecular weight is 166 g/mol. The Morgan fingerprint density at radius 3 is 2.17 bits per heavy atom. The van der Waals surface area contributed by atoms with E-state index in [-0.39, 0.29) is 28.3 Å². The van der Waals surface area contributed by atoms with Crippen molar-refractivity contribution >= 4 is 11.6 Å². The summed E-state index contributed by atoms with van der Waals surface area (Å²) < 4.78 is 0. The van der Waals surface area contributed by atoms with Crippen LogP contribution in [0, 0.1) is 16.7 Å². The van der Waals surface area contributed by atoms with E-state index in [9.17, 15) is 9.59 Å². The van der Waals surface area contributed by atoms with Gasteiger partial charge in [-0.05, 0) is 18.3 Å². The lowest BCUT2D eigenvalue weighted by Gasteiger charge is -2.30. The van der Waals surface area contributed by atoms with Crippen LogP contribution in [0.3, 0.4) is 0 Å². The fourth-order valence-corrected chi connectivity index (χ4v) is 3.00. The summed E-state index contributed by atoms with van der Waals surface area (Å²) in [5.41, 5.74) is -0.259. The van der Waals surface area contributed by atoms with Gasteiger partial charge in [0.2, 0.25) is 11.6 Å². The molecule has 0 heterocycles. The van der Waals surface area contributed by atoms with Gasteiger partial charge in [0.1, 0.15) is 0 Å². The monoisotopic (exact) mass is 166 g/mol. The Morgan fingerprint density at radius 1 is 1.25 bits per heavy atom. The third kappa shape index (κ3) is 0.706. The first kappa shape index (κ1) is 7.96. The summed E-state index contributed by atoms with van der Waals surface area (Å²) in [4.78, 5) is 22.9. The first-order valence-electron chi connectivity index (χ1n) is 4.45. The summed E-state index contributed by atoms with van der Waals surface area (Å²) in [5.74, 6) is -0.226. The molecule has 2 nitrogen and oxygen atoms in total. The van der Waals surface area contributed by atoms with Gasteiger partial charge in [0.05, 0.1) is 0 Å². The van der Waals surface area contributed by atoms with Gasteiger partial charge >= 0.3 is 0 Å². The van der Waals surface area contributed by atoms with E-state index in [4.69, 9.17) is 0 Å². The highest BCUT2D eigenvalue weighted by Crippen LogP contribution is 2.58. The second-order valence-electron chi connectivity index (χ2n) is 5.18. The number of Topliss-reactive ketones (excluding diaryl/α,β-unsaturated/α-hetero) is 2. The first-order valence-corrected chi connectivity index (χ1v) is 4.45. The van der Waals surface area contributed by atoms with Crippen LogP contribution in [-0.2, 0) is 9.59 Å². The molecule has 0 radical (unpaired) electrons. The molecular weight excluding hydrogens is 152 g/mol. The average Bonchev–Trinajstić information content (AvgIpc) is 2.27. The van der Waals surface area contributed by atoms with Gasteiger partial charge in [0, 0.05) is 11.3 Å². The molecule has 0 spiro atoms. The zero-order valence-corrected chi connectivity index (χ0v) is 7.81. The molecule has 12 heavy (non-hydrogen) atoms. The Kier molecular flexibility index (Phi) is 1.20. The molecule has 0 aromatic carbocycles. The molecule has 0 N–H and O–H groups in total. The molecule has 2 bridgehead atoms. The highest BCUT2D eigenvalue weighted by Gasteiger charge is 2.62. The molecule has 2 fully saturated rings. The van der Waals surface area contributed by atoms with Crippen LogP contribution in [0.15, 0.2) is 0 Å². The van der Waals surface area contributed by atoms with Crippen LogP contribution in [0.25, 0.3) is 0 Å². The quantitative estimate of drug-likeness (QED) is 0.512. The number of hydrogen-bond donors (Lipinski definition) is 0. The molecule has 2 atom stereocenters. The van der Waals surface area contributed by atoms with Crippen molar-refractivity contribution in [2.45, 2.75) is 33.6 Å². The molecule has 2 rings (SSSR count). The highest BCUT2D eigenvalue weighted by atomic mass is 16.2. The van der Waals surface area contributed by atoms with Crippen molar-refractivity contribution in [3.05, 3.63) is 0 Å². The summed E-state index contributed by atoms with van der Waals surface area (Å²) >= 11 is 0. The minimum absolute atomic E-state index is 0.00926. The molecule has 66 valence electrons. The van der Waals surface area contributed by atoms with E-state index in [1.165, 1.54) is 0 Å². The number of carbonyl (C=O) groups excluding carboxylic acids is 2. The predicted molar refractivity (Wildman–Crippen MR) is 44.6 cm³/mol. The molecule has 2 aliphatic rings. The maximum Gasteiger partial charge on any atom is 0.204 e. The van der Waals surface area contributed by atoms with Crippen molar-refractivity contribution in [1.29, 1.82) is 0 Å². The van der Waals surface area contributed by atoms with Crippen molar-refractivity contribution in [1.82, 2.24) is 0 Å². The molecular formula is C10H14O2. The number of rotatable bonds is 0. The Balaban J connectivity index is 2.46. The Bertz CT molecular complexity index is 278. The van der Waals surface area contributed by atoms with Gasteiger partial charge in [-0.25, -0.2) is 0 Å². The van der Waals surface area contributed by atoms with E-state index in [1.54, 1.807) is 0 Å². The van der Waals surface area contributed by atoms with Crippen molar-refractivity contribution in [2.24, 2.45) is 16.7 Å². The van der Waals surface area contributed by atoms with E-state index in [0.29, 0.717) is 0 Å². The third-order valence-corrected chi connectivity index (χ3v) is 3.53. The molecule has 2 saturated carbocycles. The van der Waals surface area contributed by atoms with Crippen LogP contribution in [0.1, 0.15) is 33.6 Å². The zero-order chi connectivity index (χ0) is 9.15. The third-order valence-electron chi connectivity index (χ3n) is 3.53. The fourth-order valence-electron chi connectivity index (χ4n) is 3.00. The first-order chi connectivity index (χ1) is 5.37. The maximum atomic E-state index is 11.4. The van der Waals surface area contributed by atoms with Crippen LogP contribution < -0.4 is 0 Å². The largest absolute Gasteiger partial charge is 0.291 e. The molecule has 0 aromatic rings. The van der Waals surface area contributed by atoms with Crippen LogP contribution in [-0.4, -0.2) is 11.6 Å². The normalized spacial score (nSPS) is 44.1. The zero-order valence-electron chi connectivity index (χ0n) is 7.81. The van der Waals surface area contributed by atoms with Crippen LogP contribution in [0.5, 0.6) is 0 Å². The number of carbonyl (C=O) groups is 2. The van der Waals surface area contributed by atoms with E-state index in [2.05, 4.69) is 13.8 Å². The van der Waals surface area contributed by atoms with Gasteiger partial charge in [-0.3, -0.25) is 9.59 Å². The molecule has 2 aliphatic carbocycles. The summed E-state index contributed by atoms with van der Waals surface area (Å²) in [6.07, 6.45) is 1.67. The topological polar surface area (TPSA) is 34.1 Å². The second-order valence-corrected chi connectivity index (χ2v) is 5.18. The van der Waals surface area contributed by atoms with Gasteiger partial charge in [-0.1, -0.05) is 20.8 Å². The SMILES string of the molecule is CC1(C)C[C@@]2(C)C[C@@H]1C(=O)C2=O. The number of fused-ring (bicyclic) bond motifs is 2. The molecule has 0 aromatic heterocycles. The molecule has 0 aliphatic heterocycles. The van der Waals surface area contributed by atoms with E-state index in [1.807, 2.05) is 6.92 Å². The van der Waals surface area contributed by atoms with Crippen LogP contribution in [0.2, 0.25) is 0 Å². The smallest absolute Gasteiger partial charge is 0.204 e. The van der Waals surface area contributed by atoms with Crippen LogP contribution >= 0.6 is 0 Å². The van der Waals surface area contributed by atoms with Gasteiger partial charge in [-0.15, -0.1) is 0 Å². The van der Waals surface area contributed by atoms with E-state index < -0.39 is 0 Å². The number of ketones is 2. The molecule has 0 unspecified atom stereocenters. The lowest BCUT2D eigenvalue weighted by molar-refractivity contribution is -0.143. The summed E-state index contributed by atoms with van der Waals surface area (Å²) in [6.45, 7) is 6.11. The Morgan fingerprint density at radius 2 is 1.83 bits per heavy atom. The maximum absolute atomic E-state index is 11.4. The van der Waals surface area contributed by atoms with E-state index in [0.717, 1.165) is 12.8 Å². The summed E-state index contributed by atoms with van der Waals surface area (Å²) in [6, 6.07) is 0. The lowest BCUT2D eigenvalue weighted by Crippen LogP contribution is -2.37. The molecule has 0 amide bonds. The van der Waals surface area contributed by atoms with Crippen molar-refractivity contribution in [3.63, 3.8) is 0 Å². The Hall–Kier alpha value is -0.660. The molecule has 2 heteroatoms. The highest BCUT2D eigenvalue weighted by molar-refractivity contribution is 6.42. The van der Waals surface area contributed by atoms with Gasteiger partial charge in [0.25, 0.3) is 0 Å². The lowest BCUT2D eigenvalue weighted by atomic mass is 9.72. The van der Waals surface area contributed by atoms with Gasteiger partial charge < -0.3 is 0 Å². The van der Waals surface area contributed by atoms with Gasteiger partial charge in [-0.2, -0.15) is 0 Å². The van der Waals surface area contributed by atoms with E-state index >= 15 is 0 Å². The fraction of sp³-hybridized carbons (Fsp3) is 0.800. The van der Waals surface area contributed by atoms with Crippen LogP contribution in [0.4, 0.5) is 0 Å².